The molecule has 0 spiro atoms. The van der Waals surface area contributed by atoms with Crippen molar-refractivity contribution < 1.29 is 9.53 Å². The van der Waals surface area contributed by atoms with Crippen LogP contribution < -0.4 is 11.1 Å². The Balaban J connectivity index is 0.00000254. The Hall–Kier alpha value is -1.98. The van der Waals surface area contributed by atoms with Crippen molar-refractivity contribution in [1.29, 1.82) is 0 Å². The van der Waals surface area contributed by atoms with Crippen LogP contribution in [0, 0.1) is 0 Å². The first-order chi connectivity index (χ1) is 11.7. The molecule has 0 saturated heterocycles. The molecule has 1 amide bonds. The van der Waals surface area contributed by atoms with Gasteiger partial charge in [-0.15, -0.1) is 0 Å². The van der Waals surface area contributed by atoms with Gasteiger partial charge in [0, 0.05) is 25.7 Å². The SMILES string of the molecule is C/C=C\C(CCNC(=O)C(N)COCc1ccccc1)=NC.CC. The highest BCUT2D eigenvalue weighted by Crippen LogP contribution is 2.00. The zero-order valence-electron chi connectivity index (χ0n) is 15.3. The van der Waals surface area contributed by atoms with Gasteiger partial charge in [0.2, 0.25) is 5.91 Å². The molecule has 0 aliphatic carbocycles. The lowest BCUT2D eigenvalue weighted by molar-refractivity contribution is -0.123. The summed E-state index contributed by atoms with van der Waals surface area (Å²) in [6.07, 6.45) is 4.53. The molecular weight excluding hydrogens is 302 g/mol. The Morgan fingerprint density at radius 3 is 2.58 bits per heavy atom. The van der Waals surface area contributed by atoms with Crippen LogP contribution in [0.1, 0.15) is 32.8 Å². The first kappa shape index (κ1) is 22.0. The summed E-state index contributed by atoms with van der Waals surface area (Å²) in [7, 11) is 1.74. The second-order valence-corrected chi connectivity index (χ2v) is 4.86. The molecule has 5 nitrogen and oxygen atoms in total. The second-order valence-electron chi connectivity index (χ2n) is 4.86. The van der Waals surface area contributed by atoms with E-state index in [4.69, 9.17) is 10.5 Å². The van der Waals surface area contributed by atoms with Crippen LogP contribution in [0.25, 0.3) is 0 Å². The van der Waals surface area contributed by atoms with Crippen LogP contribution in [-0.2, 0) is 16.1 Å². The lowest BCUT2D eigenvalue weighted by Gasteiger charge is -2.12. The van der Waals surface area contributed by atoms with Crippen molar-refractivity contribution in [2.45, 2.75) is 39.8 Å². The number of aliphatic imine (C=N–C) groups is 1. The van der Waals surface area contributed by atoms with Gasteiger partial charge in [-0.25, -0.2) is 0 Å². The molecule has 1 rings (SSSR count). The highest BCUT2D eigenvalue weighted by Gasteiger charge is 2.13. The van der Waals surface area contributed by atoms with E-state index in [1.165, 1.54) is 0 Å². The molecule has 0 saturated carbocycles. The van der Waals surface area contributed by atoms with E-state index in [1.807, 2.05) is 63.3 Å². The minimum atomic E-state index is -0.660. The quantitative estimate of drug-likeness (QED) is 0.682. The van der Waals surface area contributed by atoms with Crippen molar-refractivity contribution in [3.8, 4) is 0 Å². The number of benzene rings is 1. The number of hydrogen-bond acceptors (Lipinski definition) is 4. The Labute approximate surface area is 146 Å². The normalized spacial score (nSPS) is 12.5. The fourth-order valence-electron chi connectivity index (χ4n) is 1.86. The number of nitrogens with zero attached hydrogens (tertiary/aromatic N) is 1. The van der Waals surface area contributed by atoms with E-state index in [2.05, 4.69) is 10.3 Å². The predicted octanol–water partition coefficient (Wildman–Crippen LogP) is 2.71. The van der Waals surface area contributed by atoms with E-state index >= 15 is 0 Å². The van der Waals surface area contributed by atoms with Gasteiger partial charge in [0.25, 0.3) is 0 Å². The van der Waals surface area contributed by atoms with Gasteiger partial charge in [0.05, 0.1) is 13.2 Å². The van der Waals surface area contributed by atoms with Gasteiger partial charge >= 0.3 is 0 Å². The summed E-state index contributed by atoms with van der Waals surface area (Å²) in [5.74, 6) is -0.205. The zero-order chi connectivity index (χ0) is 18.2. The summed E-state index contributed by atoms with van der Waals surface area (Å²) >= 11 is 0. The molecule has 1 atom stereocenters. The lowest BCUT2D eigenvalue weighted by Crippen LogP contribution is -2.44. The summed E-state index contributed by atoms with van der Waals surface area (Å²) in [5, 5.41) is 2.80. The molecule has 24 heavy (non-hydrogen) atoms. The average molecular weight is 333 g/mol. The van der Waals surface area contributed by atoms with Gasteiger partial charge in [0.15, 0.2) is 0 Å². The van der Waals surface area contributed by atoms with Crippen molar-refractivity contribution in [3.63, 3.8) is 0 Å². The molecule has 0 heterocycles. The van der Waals surface area contributed by atoms with E-state index in [-0.39, 0.29) is 12.5 Å². The molecule has 0 aliphatic rings. The summed E-state index contributed by atoms with van der Waals surface area (Å²) in [6, 6.07) is 9.13. The summed E-state index contributed by atoms with van der Waals surface area (Å²) in [4.78, 5) is 16.0. The van der Waals surface area contributed by atoms with Gasteiger partial charge in [-0.3, -0.25) is 9.79 Å². The van der Waals surface area contributed by atoms with Gasteiger partial charge < -0.3 is 15.8 Å². The fourth-order valence-corrected chi connectivity index (χ4v) is 1.86. The number of carbonyl (C=O) groups is 1. The number of hydrogen-bond donors (Lipinski definition) is 2. The molecule has 5 heteroatoms. The number of allylic oxidation sites excluding steroid dienone is 2. The van der Waals surface area contributed by atoms with Crippen molar-refractivity contribution >= 4 is 11.6 Å². The van der Waals surface area contributed by atoms with Crippen LogP contribution in [0.5, 0.6) is 0 Å². The molecule has 0 fully saturated rings. The molecule has 1 unspecified atom stereocenters. The number of ether oxygens (including phenoxy) is 1. The van der Waals surface area contributed by atoms with Crippen molar-refractivity contribution in [3.05, 3.63) is 48.0 Å². The highest BCUT2D eigenvalue weighted by atomic mass is 16.5. The summed E-state index contributed by atoms with van der Waals surface area (Å²) < 4.78 is 5.47. The molecule has 0 bridgehead atoms. The molecule has 0 aromatic heterocycles. The van der Waals surface area contributed by atoms with E-state index < -0.39 is 6.04 Å². The Morgan fingerprint density at radius 2 is 2.00 bits per heavy atom. The van der Waals surface area contributed by atoms with Crippen LogP contribution in [0.4, 0.5) is 0 Å². The molecule has 3 N–H and O–H groups in total. The number of nitrogens with one attached hydrogen (secondary N) is 1. The average Bonchev–Trinajstić information content (AvgIpc) is 2.63. The Kier molecular flexibility index (Phi) is 13.4. The van der Waals surface area contributed by atoms with Gasteiger partial charge in [-0.1, -0.05) is 50.3 Å². The largest absolute Gasteiger partial charge is 0.375 e. The van der Waals surface area contributed by atoms with Crippen molar-refractivity contribution in [2.24, 2.45) is 10.7 Å². The van der Waals surface area contributed by atoms with Crippen LogP contribution in [0.3, 0.4) is 0 Å². The van der Waals surface area contributed by atoms with Gasteiger partial charge in [0.1, 0.15) is 6.04 Å². The third-order valence-corrected chi connectivity index (χ3v) is 3.07. The monoisotopic (exact) mass is 333 g/mol. The predicted molar refractivity (Wildman–Crippen MR) is 101 cm³/mol. The van der Waals surface area contributed by atoms with E-state index in [1.54, 1.807) is 7.05 Å². The third kappa shape index (κ3) is 9.92. The fraction of sp³-hybridized carbons (Fsp3) is 0.474. The van der Waals surface area contributed by atoms with E-state index in [0.717, 1.165) is 11.3 Å². The minimum Gasteiger partial charge on any atom is -0.375 e. The van der Waals surface area contributed by atoms with Gasteiger partial charge in [-0.2, -0.15) is 0 Å². The third-order valence-electron chi connectivity index (χ3n) is 3.07. The van der Waals surface area contributed by atoms with Crippen molar-refractivity contribution in [1.82, 2.24) is 5.32 Å². The zero-order valence-corrected chi connectivity index (χ0v) is 15.3. The van der Waals surface area contributed by atoms with Crippen LogP contribution in [0.15, 0.2) is 47.5 Å². The molecule has 134 valence electrons. The molecule has 1 aromatic rings. The Bertz CT molecular complexity index is 499. The standard InChI is InChI=1S/C17H25N3O2.C2H6/c1-3-7-15(19-2)10-11-20-17(21)16(18)13-22-12-14-8-5-4-6-9-14;1-2/h3-9,16H,10-13,18H2,1-2H3,(H,20,21);1-2H3/b7-3-,19-15?;. The maximum absolute atomic E-state index is 11.8. The maximum Gasteiger partial charge on any atom is 0.239 e. The minimum absolute atomic E-state index is 0.199. The van der Waals surface area contributed by atoms with Crippen LogP contribution in [-0.4, -0.2) is 37.9 Å². The second kappa shape index (κ2) is 14.6. The number of amides is 1. The Morgan fingerprint density at radius 1 is 1.33 bits per heavy atom. The summed E-state index contributed by atoms with van der Waals surface area (Å²) in [5.41, 5.74) is 7.81. The molecule has 0 aliphatic heterocycles. The number of rotatable bonds is 9. The van der Waals surface area contributed by atoms with Crippen LogP contribution in [0.2, 0.25) is 0 Å². The molecule has 0 radical (unpaired) electrons. The topological polar surface area (TPSA) is 76.7 Å². The molecule has 1 aromatic carbocycles. The van der Waals surface area contributed by atoms with E-state index in [9.17, 15) is 4.79 Å². The highest BCUT2D eigenvalue weighted by molar-refractivity contribution is 5.95. The van der Waals surface area contributed by atoms with Crippen LogP contribution >= 0.6 is 0 Å². The maximum atomic E-state index is 11.8. The first-order valence-electron chi connectivity index (χ1n) is 8.40. The lowest BCUT2D eigenvalue weighted by atomic mass is 10.2. The van der Waals surface area contributed by atoms with Crippen molar-refractivity contribution in [2.75, 3.05) is 20.2 Å². The summed E-state index contributed by atoms with van der Waals surface area (Å²) in [6.45, 7) is 7.10. The van der Waals surface area contributed by atoms with E-state index in [0.29, 0.717) is 19.6 Å². The first-order valence-corrected chi connectivity index (χ1v) is 8.40. The number of carbonyl (C=O) groups excluding carboxylic acids is 1. The molecular formula is C19H31N3O2. The smallest absolute Gasteiger partial charge is 0.239 e. The number of nitrogens with two attached hydrogens (primary N) is 1. The van der Waals surface area contributed by atoms with Gasteiger partial charge in [-0.05, 0) is 18.6 Å².